The van der Waals surface area contributed by atoms with E-state index in [-0.39, 0.29) is 17.4 Å². The Kier molecular flexibility index (Phi) is 7.40. The predicted molar refractivity (Wildman–Crippen MR) is 150 cm³/mol. The van der Waals surface area contributed by atoms with E-state index >= 15 is 0 Å². The van der Waals surface area contributed by atoms with Gasteiger partial charge >= 0.3 is 6.09 Å². The molecule has 7 nitrogen and oxygen atoms in total. The lowest BCUT2D eigenvalue weighted by atomic mass is 9.70. The molecule has 0 aromatic heterocycles. The van der Waals surface area contributed by atoms with E-state index in [1.807, 2.05) is 43.9 Å². The number of anilines is 1. The van der Waals surface area contributed by atoms with Crippen LogP contribution >= 0.6 is 0 Å². The molecule has 7 heteroatoms. The molecular weight excluding hydrogens is 476 g/mol. The lowest BCUT2D eigenvalue weighted by Gasteiger charge is -2.46. The maximum Gasteiger partial charge on any atom is 0.410 e. The van der Waals surface area contributed by atoms with Gasteiger partial charge in [0, 0.05) is 31.9 Å². The molecule has 3 saturated heterocycles. The van der Waals surface area contributed by atoms with Gasteiger partial charge in [0.25, 0.3) is 0 Å². The highest BCUT2D eigenvalue weighted by molar-refractivity contribution is 5.93. The van der Waals surface area contributed by atoms with Crippen molar-refractivity contribution in [1.29, 1.82) is 0 Å². The SMILES string of the molecule is CC(C)(C)OC(=O)N1CCC(CCN2CCC3(CC2)C(=O)NCN3c2ccccc2)(c2ccccc2)CC1. The number of ether oxygens (including phenoxy) is 1. The number of amides is 2. The molecule has 5 rings (SSSR count). The summed E-state index contributed by atoms with van der Waals surface area (Å²) in [6.45, 7) is 10.6. The summed E-state index contributed by atoms with van der Waals surface area (Å²) in [4.78, 5) is 32.4. The standard InChI is InChI=1S/C31H42N4O3/c1-29(2,3)38-28(37)34-22-15-30(16-23-34,25-10-6-4-7-11-25)14-19-33-20-17-31(18-21-33)27(36)32-24-35(31)26-12-8-5-9-13-26/h4-13H,14-24H2,1-3H3,(H,32,36). The van der Waals surface area contributed by atoms with Gasteiger partial charge < -0.3 is 24.8 Å². The van der Waals surface area contributed by atoms with E-state index < -0.39 is 11.1 Å². The van der Waals surface area contributed by atoms with Crippen LogP contribution in [0.3, 0.4) is 0 Å². The third-order valence-corrected chi connectivity index (χ3v) is 8.75. The van der Waals surface area contributed by atoms with Crippen molar-refractivity contribution in [1.82, 2.24) is 15.1 Å². The van der Waals surface area contributed by atoms with Crippen LogP contribution in [0.4, 0.5) is 10.5 Å². The Balaban J connectivity index is 1.23. The van der Waals surface area contributed by atoms with Crippen LogP contribution in [0, 0.1) is 0 Å². The van der Waals surface area contributed by atoms with Crippen molar-refractivity contribution in [2.24, 2.45) is 0 Å². The highest BCUT2D eigenvalue weighted by atomic mass is 16.6. The summed E-state index contributed by atoms with van der Waals surface area (Å²) >= 11 is 0. The van der Waals surface area contributed by atoms with Gasteiger partial charge in [0.05, 0.1) is 6.67 Å². The maximum absolute atomic E-state index is 13.0. The number of piperidine rings is 2. The van der Waals surface area contributed by atoms with Gasteiger partial charge in [0.15, 0.2) is 0 Å². The molecule has 1 spiro atoms. The van der Waals surface area contributed by atoms with Gasteiger partial charge in [-0.1, -0.05) is 48.5 Å². The average molecular weight is 519 g/mol. The number of benzene rings is 2. The second-order valence-electron chi connectivity index (χ2n) is 12.2. The Bertz CT molecular complexity index is 1100. The van der Waals surface area contributed by atoms with Crippen LogP contribution in [0.15, 0.2) is 60.7 Å². The fourth-order valence-corrected chi connectivity index (χ4v) is 6.47. The van der Waals surface area contributed by atoms with Crippen molar-refractivity contribution in [2.75, 3.05) is 44.3 Å². The molecule has 3 aliphatic heterocycles. The van der Waals surface area contributed by atoms with Crippen LogP contribution in [0.2, 0.25) is 0 Å². The van der Waals surface area contributed by atoms with E-state index in [0.29, 0.717) is 19.8 Å². The number of rotatable bonds is 5. The van der Waals surface area contributed by atoms with Gasteiger partial charge in [-0.25, -0.2) is 4.79 Å². The minimum atomic E-state index is -0.483. The number of hydrogen-bond acceptors (Lipinski definition) is 5. The molecule has 3 fully saturated rings. The summed E-state index contributed by atoms with van der Waals surface area (Å²) in [5.74, 6) is 0.163. The number of nitrogens with zero attached hydrogens (tertiary/aromatic N) is 3. The zero-order valence-corrected chi connectivity index (χ0v) is 23.1. The van der Waals surface area contributed by atoms with Crippen molar-refractivity contribution in [3.63, 3.8) is 0 Å². The van der Waals surface area contributed by atoms with E-state index in [9.17, 15) is 9.59 Å². The zero-order chi connectivity index (χ0) is 26.8. The number of nitrogens with one attached hydrogen (secondary N) is 1. The van der Waals surface area contributed by atoms with Gasteiger partial charge in [-0.3, -0.25) is 4.79 Å². The molecule has 3 heterocycles. The fraction of sp³-hybridized carbons (Fsp3) is 0.548. The summed E-state index contributed by atoms with van der Waals surface area (Å²) in [6.07, 6.45) is 4.35. The minimum absolute atomic E-state index is 0.0374. The van der Waals surface area contributed by atoms with E-state index in [1.54, 1.807) is 0 Å². The van der Waals surface area contributed by atoms with Gasteiger partial charge in [-0.05, 0) is 82.5 Å². The van der Waals surface area contributed by atoms with Crippen LogP contribution in [0.25, 0.3) is 0 Å². The summed E-state index contributed by atoms with van der Waals surface area (Å²) in [5, 5.41) is 3.11. The maximum atomic E-state index is 13.0. The summed E-state index contributed by atoms with van der Waals surface area (Å²) in [6, 6.07) is 21.1. The third kappa shape index (κ3) is 5.39. The molecule has 2 amide bonds. The number of hydrogen-bond donors (Lipinski definition) is 1. The van der Waals surface area contributed by atoms with Crippen LogP contribution in [-0.4, -0.2) is 72.3 Å². The minimum Gasteiger partial charge on any atom is -0.444 e. The van der Waals surface area contributed by atoms with Gasteiger partial charge in [0.2, 0.25) is 5.91 Å². The lowest BCUT2D eigenvalue weighted by molar-refractivity contribution is -0.125. The quantitative estimate of drug-likeness (QED) is 0.618. The Morgan fingerprint density at radius 2 is 1.50 bits per heavy atom. The first-order chi connectivity index (χ1) is 18.2. The van der Waals surface area contributed by atoms with E-state index in [2.05, 4.69) is 57.6 Å². The molecular formula is C31H42N4O3. The summed E-state index contributed by atoms with van der Waals surface area (Å²) in [5.41, 5.74) is 1.58. The molecule has 3 aliphatic rings. The molecule has 2 aromatic carbocycles. The second kappa shape index (κ2) is 10.6. The third-order valence-electron chi connectivity index (χ3n) is 8.75. The van der Waals surface area contributed by atoms with Crippen LogP contribution in [0.1, 0.15) is 58.4 Å². The normalized spacial score (nSPS) is 21.4. The Labute approximate surface area is 227 Å². The first kappa shape index (κ1) is 26.5. The molecule has 38 heavy (non-hydrogen) atoms. The predicted octanol–water partition coefficient (Wildman–Crippen LogP) is 4.77. The molecule has 2 aromatic rings. The van der Waals surface area contributed by atoms with Crippen LogP contribution in [-0.2, 0) is 14.9 Å². The molecule has 204 valence electrons. The molecule has 0 unspecified atom stereocenters. The monoisotopic (exact) mass is 518 g/mol. The van der Waals surface area contributed by atoms with Gasteiger partial charge in [-0.15, -0.1) is 0 Å². The molecule has 0 radical (unpaired) electrons. The van der Waals surface area contributed by atoms with Crippen molar-refractivity contribution in [2.45, 2.75) is 69.4 Å². The zero-order valence-electron chi connectivity index (χ0n) is 23.1. The van der Waals surface area contributed by atoms with Gasteiger partial charge in [0.1, 0.15) is 11.1 Å². The molecule has 0 atom stereocenters. The number of para-hydroxylation sites is 1. The van der Waals surface area contributed by atoms with Crippen molar-refractivity contribution < 1.29 is 14.3 Å². The van der Waals surface area contributed by atoms with E-state index in [1.165, 1.54) is 5.56 Å². The molecule has 0 saturated carbocycles. The summed E-state index contributed by atoms with van der Waals surface area (Å²) < 4.78 is 5.64. The van der Waals surface area contributed by atoms with Crippen molar-refractivity contribution in [3.05, 3.63) is 66.2 Å². The molecule has 0 aliphatic carbocycles. The Morgan fingerprint density at radius 1 is 0.895 bits per heavy atom. The fourth-order valence-electron chi connectivity index (χ4n) is 6.47. The molecule has 0 bridgehead atoms. The number of carbonyl (C=O) groups is 2. The first-order valence-electron chi connectivity index (χ1n) is 14.1. The Morgan fingerprint density at radius 3 is 2.11 bits per heavy atom. The highest BCUT2D eigenvalue weighted by Gasteiger charge is 2.50. The second-order valence-corrected chi connectivity index (χ2v) is 12.2. The summed E-state index contributed by atoms with van der Waals surface area (Å²) in [7, 11) is 0. The molecule has 1 N–H and O–H groups in total. The largest absolute Gasteiger partial charge is 0.444 e. The average Bonchev–Trinajstić information content (AvgIpc) is 3.23. The first-order valence-corrected chi connectivity index (χ1v) is 14.1. The van der Waals surface area contributed by atoms with Crippen LogP contribution < -0.4 is 10.2 Å². The van der Waals surface area contributed by atoms with E-state index in [0.717, 1.165) is 57.4 Å². The topological polar surface area (TPSA) is 65.1 Å². The Hall–Kier alpha value is -3.06. The van der Waals surface area contributed by atoms with E-state index in [4.69, 9.17) is 4.74 Å². The van der Waals surface area contributed by atoms with Crippen molar-refractivity contribution >= 4 is 17.7 Å². The number of carbonyl (C=O) groups excluding carboxylic acids is 2. The van der Waals surface area contributed by atoms with Crippen LogP contribution in [0.5, 0.6) is 0 Å². The lowest BCUT2D eigenvalue weighted by Crippen LogP contribution is -2.56. The smallest absolute Gasteiger partial charge is 0.410 e. The van der Waals surface area contributed by atoms with Crippen molar-refractivity contribution in [3.8, 4) is 0 Å². The van der Waals surface area contributed by atoms with Gasteiger partial charge in [-0.2, -0.15) is 0 Å². The highest BCUT2D eigenvalue weighted by Crippen LogP contribution is 2.41. The number of likely N-dealkylation sites (tertiary alicyclic amines) is 2.